The lowest BCUT2D eigenvalue weighted by Gasteiger charge is -2.11. The van der Waals surface area contributed by atoms with Gasteiger partial charge >= 0.3 is 0 Å². The Kier molecular flexibility index (Phi) is 5.15. The van der Waals surface area contributed by atoms with E-state index in [1.54, 1.807) is 37.5 Å². The first-order valence-corrected chi connectivity index (χ1v) is 8.21. The van der Waals surface area contributed by atoms with Gasteiger partial charge in [-0.25, -0.2) is 0 Å². The van der Waals surface area contributed by atoms with Gasteiger partial charge in [-0.2, -0.15) is 5.26 Å². The van der Waals surface area contributed by atoms with Crippen LogP contribution in [0, 0.1) is 17.2 Å². The molecule has 25 heavy (non-hydrogen) atoms. The summed E-state index contributed by atoms with van der Waals surface area (Å²) in [5.41, 5.74) is 2.43. The summed E-state index contributed by atoms with van der Waals surface area (Å²) in [6.45, 7) is 0.341. The highest BCUT2D eigenvalue weighted by Gasteiger charge is 2.27. The lowest BCUT2D eigenvalue weighted by atomic mass is 10.1. The van der Waals surface area contributed by atoms with Crippen LogP contribution >= 0.6 is 0 Å². The largest absolute Gasteiger partial charge is 0.496 e. The average Bonchev–Trinajstić information content (AvgIpc) is 3.50. The van der Waals surface area contributed by atoms with Crippen LogP contribution in [-0.2, 0) is 11.4 Å². The number of rotatable bonds is 7. The van der Waals surface area contributed by atoms with Crippen LogP contribution in [0.15, 0.2) is 48.5 Å². The van der Waals surface area contributed by atoms with E-state index in [1.807, 2.05) is 24.3 Å². The molecular weight excluding hydrogens is 314 g/mol. The van der Waals surface area contributed by atoms with E-state index in [0.29, 0.717) is 17.9 Å². The minimum atomic E-state index is 0.200. The molecule has 1 aliphatic carbocycles. The Hall–Kier alpha value is -3.06. The summed E-state index contributed by atoms with van der Waals surface area (Å²) in [5, 5.41) is 8.83. The molecule has 2 aromatic rings. The molecule has 1 saturated carbocycles. The molecule has 3 rings (SSSR count). The number of hydrogen-bond donors (Lipinski definition) is 0. The standard InChI is InChI=1S/C21H19NO3/c1-24-21-11-5-15(4-10-20(23)17-6-7-17)12-18(21)14-25-19-8-2-16(13-22)3-9-19/h2-5,8-12,17H,6-7,14H2,1H3/b10-4+. The fourth-order valence-corrected chi connectivity index (χ4v) is 2.48. The third kappa shape index (κ3) is 4.48. The molecule has 0 bridgehead atoms. The first-order valence-electron chi connectivity index (χ1n) is 8.21. The summed E-state index contributed by atoms with van der Waals surface area (Å²) in [4.78, 5) is 11.8. The molecule has 4 heteroatoms. The number of methoxy groups -OCH3 is 1. The predicted molar refractivity (Wildman–Crippen MR) is 95.2 cm³/mol. The van der Waals surface area contributed by atoms with Crippen molar-refractivity contribution in [2.24, 2.45) is 5.92 Å². The Morgan fingerprint density at radius 3 is 2.64 bits per heavy atom. The Labute approximate surface area is 147 Å². The molecule has 0 atom stereocenters. The maximum absolute atomic E-state index is 11.8. The van der Waals surface area contributed by atoms with Gasteiger partial charge in [0.15, 0.2) is 5.78 Å². The van der Waals surface area contributed by atoms with Gasteiger partial charge in [0, 0.05) is 11.5 Å². The Morgan fingerprint density at radius 1 is 1.24 bits per heavy atom. The Morgan fingerprint density at radius 2 is 2.00 bits per heavy atom. The number of allylic oxidation sites excluding steroid dienone is 1. The van der Waals surface area contributed by atoms with Crippen molar-refractivity contribution in [1.82, 2.24) is 0 Å². The van der Waals surface area contributed by atoms with Gasteiger partial charge in [-0.15, -0.1) is 0 Å². The van der Waals surface area contributed by atoms with Gasteiger partial charge in [0.1, 0.15) is 18.1 Å². The highest BCUT2D eigenvalue weighted by atomic mass is 16.5. The van der Waals surface area contributed by atoms with Gasteiger partial charge in [0.05, 0.1) is 18.7 Å². The van der Waals surface area contributed by atoms with E-state index >= 15 is 0 Å². The maximum atomic E-state index is 11.8. The molecule has 4 nitrogen and oxygen atoms in total. The first-order chi connectivity index (χ1) is 12.2. The lowest BCUT2D eigenvalue weighted by Crippen LogP contribution is -1.99. The topological polar surface area (TPSA) is 59.3 Å². The quantitative estimate of drug-likeness (QED) is 0.715. The molecule has 0 saturated heterocycles. The van der Waals surface area contributed by atoms with Gasteiger partial charge in [0.25, 0.3) is 0 Å². The van der Waals surface area contributed by atoms with E-state index < -0.39 is 0 Å². The van der Waals surface area contributed by atoms with Crippen molar-refractivity contribution in [1.29, 1.82) is 5.26 Å². The number of carbonyl (C=O) groups is 1. The molecule has 0 spiro atoms. The van der Waals surface area contributed by atoms with Gasteiger partial charge in [-0.05, 0) is 60.9 Å². The van der Waals surface area contributed by atoms with E-state index in [9.17, 15) is 4.79 Å². The molecule has 0 radical (unpaired) electrons. The fraction of sp³-hybridized carbons (Fsp3) is 0.238. The second-order valence-electron chi connectivity index (χ2n) is 6.01. The number of nitriles is 1. The second kappa shape index (κ2) is 7.67. The number of hydrogen-bond acceptors (Lipinski definition) is 4. The smallest absolute Gasteiger partial charge is 0.158 e. The van der Waals surface area contributed by atoms with E-state index in [4.69, 9.17) is 14.7 Å². The summed E-state index contributed by atoms with van der Waals surface area (Å²) < 4.78 is 11.2. The van der Waals surface area contributed by atoms with Crippen LogP contribution in [0.25, 0.3) is 6.08 Å². The zero-order valence-electron chi connectivity index (χ0n) is 14.1. The highest BCUT2D eigenvalue weighted by molar-refractivity contribution is 5.96. The van der Waals surface area contributed by atoms with Crippen LogP contribution in [-0.4, -0.2) is 12.9 Å². The molecule has 0 aromatic heterocycles. The van der Waals surface area contributed by atoms with Crippen LogP contribution in [0.4, 0.5) is 0 Å². The number of ether oxygens (including phenoxy) is 2. The van der Waals surface area contributed by atoms with Gasteiger partial charge in [-0.3, -0.25) is 4.79 Å². The molecule has 2 aromatic carbocycles. The molecule has 1 aliphatic rings. The van der Waals surface area contributed by atoms with Gasteiger partial charge in [0.2, 0.25) is 0 Å². The maximum Gasteiger partial charge on any atom is 0.158 e. The summed E-state index contributed by atoms with van der Waals surface area (Å²) in [7, 11) is 1.62. The first kappa shape index (κ1) is 16.8. The summed E-state index contributed by atoms with van der Waals surface area (Å²) in [5.74, 6) is 1.85. The van der Waals surface area contributed by atoms with Crippen LogP contribution in [0.2, 0.25) is 0 Å². The van der Waals surface area contributed by atoms with Gasteiger partial charge in [-0.1, -0.05) is 12.1 Å². The number of carbonyl (C=O) groups excluding carboxylic acids is 1. The van der Waals surface area contributed by atoms with Crippen LogP contribution in [0.3, 0.4) is 0 Å². The van der Waals surface area contributed by atoms with Crippen molar-refractivity contribution < 1.29 is 14.3 Å². The summed E-state index contributed by atoms with van der Waals surface area (Å²) >= 11 is 0. The third-order valence-electron chi connectivity index (χ3n) is 4.10. The molecule has 126 valence electrons. The van der Waals surface area contributed by atoms with Crippen LogP contribution in [0.5, 0.6) is 11.5 Å². The van der Waals surface area contributed by atoms with E-state index in [2.05, 4.69) is 6.07 Å². The van der Waals surface area contributed by atoms with E-state index in [1.165, 1.54) is 0 Å². The highest BCUT2D eigenvalue weighted by Crippen LogP contribution is 2.30. The lowest BCUT2D eigenvalue weighted by molar-refractivity contribution is -0.115. The zero-order chi connectivity index (χ0) is 17.6. The Balaban J connectivity index is 1.70. The molecule has 0 amide bonds. The third-order valence-corrected chi connectivity index (χ3v) is 4.10. The van der Waals surface area contributed by atoms with Crippen molar-refractivity contribution in [3.63, 3.8) is 0 Å². The predicted octanol–water partition coefficient (Wildman–Crippen LogP) is 4.14. The van der Waals surface area contributed by atoms with Crippen molar-refractivity contribution in [3.8, 4) is 17.6 Å². The molecular formula is C21H19NO3. The molecule has 0 N–H and O–H groups in total. The number of nitrogens with zero attached hydrogens (tertiary/aromatic N) is 1. The van der Waals surface area contributed by atoms with Gasteiger partial charge < -0.3 is 9.47 Å². The molecule has 0 heterocycles. The van der Waals surface area contributed by atoms with E-state index in [-0.39, 0.29) is 11.7 Å². The van der Waals surface area contributed by atoms with Crippen molar-refractivity contribution in [3.05, 3.63) is 65.2 Å². The second-order valence-corrected chi connectivity index (χ2v) is 6.01. The minimum Gasteiger partial charge on any atom is -0.496 e. The number of ketones is 1. The van der Waals surface area contributed by atoms with Crippen molar-refractivity contribution in [2.45, 2.75) is 19.4 Å². The average molecular weight is 333 g/mol. The fourth-order valence-electron chi connectivity index (χ4n) is 2.48. The molecule has 0 unspecified atom stereocenters. The normalized spacial score (nSPS) is 13.4. The van der Waals surface area contributed by atoms with Crippen LogP contribution in [0.1, 0.15) is 29.5 Å². The summed E-state index contributed by atoms with van der Waals surface area (Å²) in [6.07, 6.45) is 5.51. The molecule has 0 aliphatic heterocycles. The SMILES string of the molecule is COc1ccc(/C=C/C(=O)C2CC2)cc1COc1ccc(C#N)cc1. The van der Waals surface area contributed by atoms with Crippen LogP contribution < -0.4 is 9.47 Å². The molecule has 1 fully saturated rings. The van der Waals surface area contributed by atoms with E-state index in [0.717, 1.165) is 29.7 Å². The summed E-state index contributed by atoms with van der Waals surface area (Å²) in [6, 6.07) is 14.8. The minimum absolute atomic E-state index is 0.200. The van der Waals surface area contributed by atoms with Crippen molar-refractivity contribution >= 4 is 11.9 Å². The monoisotopic (exact) mass is 333 g/mol. The Bertz CT molecular complexity index is 827. The number of benzene rings is 2. The van der Waals surface area contributed by atoms with Crippen molar-refractivity contribution in [2.75, 3.05) is 7.11 Å². The zero-order valence-corrected chi connectivity index (χ0v) is 14.1.